The fourth-order valence-corrected chi connectivity index (χ4v) is 3.38. The lowest BCUT2D eigenvalue weighted by molar-refractivity contribution is 0.437. The second-order valence-corrected chi connectivity index (χ2v) is 6.25. The molecule has 0 amide bonds. The fraction of sp³-hybridized carbons (Fsp3) is 0.571. The highest BCUT2D eigenvalue weighted by atomic mass is 32.1. The van der Waals surface area contributed by atoms with Gasteiger partial charge in [-0.05, 0) is 25.8 Å². The van der Waals surface area contributed by atoms with Gasteiger partial charge in [0.25, 0.3) is 0 Å². The van der Waals surface area contributed by atoms with Crippen LogP contribution in [0.5, 0.6) is 0 Å². The fourth-order valence-electron chi connectivity index (χ4n) is 2.50. The molecule has 2 aromatic heterocycles. The Kier molecular flexibility index (Phi) is 4.24. The van der Waals surface area contributed by atoms with Crippen molar-refractivity contribution in [2.45, 2.75) is 46.6 Å². The molecule has 1 atom stereocenters. The molecule has 104 valence electrons. The number of nitrogens with one attached hydrogen (secondary N) is 1. The maximum atomic E-state index is 5.80. The van der Waals surface area contributed by atoms with Gasteiger partial charge in [-0.25, -0.2) is 4.98 Å². The van der Waals surface area contributed by atoms with Crippen LogP contribution in [0.15, 0.2) is 6.07 Å². The number of nitrogen functional groups attached to an aromatic ring is 1. The summed E-state index contributed by atoms with van der Waals surface area (Å²) in [7, 11) is 0. The highest BCUT2D eigenvalue weighted by molar-refractivity contribution is 7.18. The van der Waals surface area contributed by atoms with Gasteiger partial charge in [0.15, 0.2) is 0 Å². The van der Waals surface area contributed by atoms with E-state index in [4.69, 9.17) is 5.73 Å². The molecule has 0 aliphatic rings. The molecule has 2 heterocycles. The lowest BCUT2D eigenvalue weighted by atomic mass is 9.95. The first-order chi connectivity index (χ1) is 9.05. The molecular formula is C14H22N4S. The van der Waals surface area contributed by atoms with Crippen LogP contribution in [0.3, 0.4) is 0 Å². The van der Waals surface area contributed by atoms with Crippen molar-refractivity contribution in [1.29, 1.82) is 0 Å². The smallest absolute Gasteiger partial charge is 0.223 e. The number of hydrogen-bond donors (Lipinski definition) is 2. The average Bonchev–Trinajstić information content (AvgIpc) is 2.71. The predicted molar refractivity (Wildman–Crippen MR) is 83.7 cm³/mol. The summed E-state index contributed by atoms with van der Waals surface area (Å²) in [5, 5.41) is 4.59. The Morgan fingerprint density at radius 1 is 1.32 bits per heavy atom. The number of thiophene rings is 1. The number of hydrogen-bond acceptors (Lipinski definition) is 5. The Balaban J connectivity index is 2.33. The van der Waals surface area contributed by atoms with Crippen LogP contribution in [-0.4, -0.2) is 16.0 Å². The van der Waals surface area contributed by atoms with Crippen LogP contribution in [-0.2, 0) is 0 Å². The van der Waals surface area contributed by atoms with Crippen molar-refractivity contribution in [2.24, 2.45) is 5.92 Å². The number of nitrogens with two attached hydrogens (primary N) is 1. The third kappa shape index (κ3) is 2.97. The molecule has 2 rings (SSSR count). The van der Waals surface area contributed by atoms with Gasteiger partial charge in [0, 0.05) is 10.9 Å². The zero-order valence-electron chi connectivity index (χ0n) is 12.0. The summed E-state index contributed by atoms with van der Waals surface area (Å²) >= 11 is 1.66. The van der Waals surface area contributed by atoms with Crippen LogP contribution in [0.4, 0.5) is 11.8 Å². The summed E-state index contributed by atoms with van der Waals surface area (Å²) in [6.45, 7) is 8.74. The molecule has 0 saturated heterocycles. The maximum absolute atomic E-state index is 5.80. The van der Waals surface area contributed by atoms with Crippen LogP contribution in [0.2, 0.25) is 0 Å². The average molecular weight is 278 g/mol. The summed E-state index contributed by atoms with van der Waals surface area (Å²) in [6, 6.07) is 2.51. The predicted octanol–water partition coefficient (Wildman–Crippen LogP) is 3.82. The van der Waals surface area contributed by atoms with Crippen LogP contribution < -0.4 is 11.1 Å². The SMILES string of the molecule is CCC(CC)C(C)Nc1nc(N)nc2sc(C)cc12. The maximum Gasteiger partial charge on any atom is 0.223 e. The van der Waals surface area contributed by atoms with Crippen molar-refractivity contribution in [3.05, 3.63) is 10.9 Å². The lowest BCUT2D eigenvalue weighted by Gasteiger charge is -2.23. The van der Waals surface area contributed by atoms with Gasteiger partial charge in [-0.3, -0.25) is 0 Å². The Hall–Kier alpha value is -1.36. The minimum absolute atomic E-state index is 0.341. The van der Waals surface area contributed by atoms with Crippen molar-refractivity contribution in [3.63, 3.8) is 0 Å². The summed E-state index contributed by atoms with van der Waals surface area (Å²) in [5.74, 6) is 1.85. The molecule has 0 aliphatic heterocycles. The van der Waals surface area contributed by atoms with Crippen LogP contribution in [0, 0.1) is 12.8 Å². The molecule has 0 spiro atoms. The van der Waals surface area contributed by atoms with E-state index in [-0.39, 0.29) is 0 Å². The van der Waals surface area contributed by atoms with Gasteiger partial charge < -0.3 is 11.1 Å². The van der Waals surface area contributed by atoms with Crippen molar-refractivity contribution >= 4 is 33.3 Å². The minimum Gasteiger partial charge on any atom is -0.368 e. The Labute approximate surface area is 118 Å². The first-order valence-electron chi connectivity index (χ1n) is 6.85. The normalized spacial score (nSPS) is 13.1. The van der Waals surface area contributed by atoms with E-state index in [0.717, 1.165) is 28.9 Å². The third-order valence-corrected chi connectivity index (χ3v) is 4.60. The van der Waals surface area contributed by atoms with Gasteiger partial charge in [0.1, 0.15) is 10.6 Å². The Morgan fingerprint density at radius 3 is 2.63 bits per heavy atom. The Bertz CT molecular complexity index is 560. The van der Waals surface area contributed by atoms with E-state index in [9.17, 15) is 0 Å². The topological polar surface area (TPSA) is 63.8 Å². The standard InChI is InChI=1S/C14H22N4S/c1-5-10(6-2)9(4)16-12-11-7-8(3)19-13(11)18-14(15)17-12/h7,9-10H,5-6H2,1-4H3,(H3,15,16,17,18). The molecular weight excluding hydrogens is 256 g/mol. The lowest BCUT2D eigenvalue weighted by Crippen LogP contribution is -2.25. The van der Waals surface area contributed by atoms with Gasteiger partial charge in [0.2, 0.25) is 5.95 Å². The highest BCUT2D eigenvalue weighted by Gasteiger charge is 2.16. The first kappa shape index (κ1) is 14.1. The van der Waals surface area contributed by atoms with Crippen molar-refractivity contribution in [3.8, 4) is 0 Å². The van der Waals surface area contributed by atoms with Crippen molar-refractivity contribution < 1.29 is 0 Å². The third-order valence-electron chi connectivity index (χ3n) is 3.65. The molecule has 0 radical (unpaired) electrons. The molecule has 0 aromatic carbocycles. The van der Waals surface area contributed by atoms with E-state index in [2.05, 4.69) is 49.0 Å². The van der Waals surface area contributed by atoms with E-state index in [1.54, 1.807) is 11.3 Å². The van der Waals surface area contributed by atoms with E-state index < -0.39 is 0 Å². The number of aromatic nitrogens is 2. The molecule has 0 saturated carbocycles. The molecule has 0 aliphatic carbocycles. The van der Waals surface area contributed by atoms with Gasteiger partial charge in [0.05, 0.1) is 5.39 Å². The first-order valence-corrected chi connectivity index (χ1v) is 7.67. The van der Waals surface area contributed by atoms with Crippen LogP contribution in [0.1, 0.15) is 38.5 Å². The summed E-state index contributed by atoms with van der Waals surface area (Å²) in [6.07, 6.45) is 2.33. The molecule has 0 bridgehead atoms. The van der Waals surface area contributed by atoms with Gasteiger partial charge in [-0.2, -0.15) is 4.98 Å². The summed E-state index contributed by atoms with van der Waals surface area (Å²) in [5.41, 5.74) is 5.80. The molecule has 0 fully saturated rings. The second-order valence-electron chi connectivity index (χ2n) is 5.02. The van der Waals surface area contributed by atoms with Crippen molar-refractivity contribution in [1.82, 2.24) is 9.97 Å². The Morgan fingerprint density at radius 2 is 2.00 bits per heavy atom. The van der Waals surface area contributed by atoms with Gasteiger partial charge >= 0.3 is 0 Å². The second kappa shape index (κ2) is 5.74. The molecule has 4 nitrogen and oxygen atoms in total. The molecule has 19 heavy (non-hydrogen) atoms. The highest BCUT2D eigenvalue weighted by Crippen LogP contribution is 2.30. The minimum atomic E-state index is 0.341. The molecule has 2 aromatic rings. The molecule has 5 heteroatoms. The zero-order valence-corrected chi connectivity index (χ0v) is 12.8. The number of aryl methyl sites for hydroxylation is 1. The van der Waals surface area contributed by atoms with Gasteiger partial charge in [-0.15, -0.1) is 11.3 Å². The molecule has 3 N–H and O–H groups in total. The number of anilines is 2. The number of nitrogens with zero attached hydrogens (tertiary/aromatic N) is 2. The van der Waals surface area contributed by atoms with E-state index >= 15 is 0 Å². The summed E-state index contributed by atoms with van der Waals surface area (Å²) in [4.78, 5) is 10.9. The largest absolute Gasteiger partial charge is 0.368 e. The van der Waals surface area contributed by atoms with E-state index in [1.807, 2.05) is 0 Å². The summed E-state index contributed by atoms with van der Waals surface area (Å²) < 4.78 is 0. The monoisotopic (exact) mass is 278 g/mol. The van der Waals surface area contributed by atoms with E-state index in [0.29, 0.717) is 17.9 Å². The molecule has 1 unspecified atom stereocenters. The van der Waals surface area contributed by atoms with Crippen LogP contribution >= 0.6 is 11.3 Å². The van der Waals surface area contributed by atoms with Gasteiger partial charge in [-0.1, -0.05) is 26.7 Å². The number of rotatable bonds is 5. The van der Waals surface area contributed by atoms with E-state index in [1.165, 1.54) is 4.88 Å². The van der Waals surface area contributed by atoms with Crippen molar-refractivity contribution in [2.75, 3.05) is 11.1 Å². The van der Waals surface area contributed by atoms with Crippen LogP contribution in [0.25, 0.3) is 10.2 Å². The quantitative estimate of drug-likeness (QED) is 0.872. The zero-order chi connectivity index (χ0) is 14.0. The number of fused-ring (bicyclic) bond motifs is 1.